The zero-order valence-corrected chi connectivity index (χ0v) is 13.2. The number of hydrogen-bond acceptors (Lipinski definition) is 5. The minimum Gasteiger partial charge on any atom is -0.478 e. The quantitative estimate of drug-likeness (QED) is 0.560. The van der Waals surface area contributed by atoms with Crippen molar-refractivity contribution in [2.24, 2.45) is 0 Å². The van der Waals surface area contributed by atoms with Gasteiger partial charge in [0.15, 0.2) is 0 Å². The molecule has 0 saturated carbocycles. The lowest BCUT2D eigenvalue weighted by atomic mass is 10.1. The van der Waals surface area contributed by atoms with Crippen molar-refractivity contribution in [3.05, 3.63) is 60.2 Å². The van der Waals surface area contributed by atoms with Gasteiger partial charge in [-0.3, -0.25) is 0 Å². The average molecular weight is 338 g/mol. The summed E-state index contributed by atoms with van der Waals surface area (Å²) in [6.07, 6.45) is 1.11. The molecule has 0 bridgehead atoms. The number of carbonyl (C=O) groups is 4. The Morgan fingerprint density at radius 1 is 1.00 bits per heavy atom. The number of ether oxygens (including phenoxy) is 1. The van der Waals surface area contributed by atoms with E-state index in [0.717, 1.165) is 6.08 Å². The van der Waals surface area contributed by atoms with E-state index >= 15 is 0 Å². The van der Waals surface area contributed by atoms with E-state index in [1.54, 1.807) is 0 Å². The Morgan fingerprint density at radius 3 is 1.46 bits per heavy atom. The number of aromatic carboxylic acids is 2. The zero-order valence-electron chi connectivity index (χ0n) is 13.2. The van der Waals surface area contributed by atoms with Crippen LogP contribution < -0.4 is 0 Å². The minimum absolute atomic E-state index is 0.176. The van der Waals surface area contributed by atoms with Crippen molar-refractivity contribution >= 4 is 23.9 Å². The molecule has 0 spiro atoms. The van der Waals surface area contributed by atoms with Gasteiger partial charge in [0, 0.05) is 11.6 Å². The summed E-state index contributed by atoms with van der Waals surface area (Å²) in [7, 11) is 1.31. The van der Waals surface area contributed by atoms with Gasteiger partial charge in [-0.25, -0.2) is 19.2 Å². The van der Waals surface area contributed by atoms with E-state index in [1.165, 1.54) is 38.3 Å². The van der Waals surface area contributed by atoms with Gasteiger partial charge in [0.25, 0.3) is 0 Å². The zero-order chi connectivity index (χ0) is 19.3. The number of carboxylic acids is 3. The molecule has 3 N–H and O–H groups in total. The maximum atomic E-state index is 10.5. The molecule has 0 heterocycles. The van der Waals surface area contributed by atoms with E-state index in [-0.39, 0.29) is 16.7 Å². The molecule has 0 fully saturated rings. The van der Waals surface area contributed by atoms with Crippen molar-refractivity contribution in [2.45, 2.75) is 6.92 Å². The molecule has 8 heteroatoms. The van der Waals surface area contributed by atoms with Crippen LogP contribution in [0.1, 0.15) is 27.6 Å². The summed E-state index contributed by atoms with van der Waals surface area (Å²) in [6.45, 7) is 7.76. The Bertz CT molecular complexity index is 583. The van der Waals surface area contributed by atoms with E-state index in [9.17, 15) is 19.2 Å². The second-order valence-corrected chi connectivity index (χ2v) is 3.97. The molecule has 0 amide bonds. The molecular formula is C16H18O8. The molecule has 8 nitrogen and oxygen atoms in total. The molecule has 1 aromatic carbocycles. The summed E-state index contributed by atoms with van der Waals surface area (Å²) in [4.78, 5) is 40.4. The molecule has 0 aliphatic carbocycles. The second kappa shape index (κ2) is 12.2. The first-order valence-electron chi connectivity index (χ1n) is 6.23. The summed E-state index contributed by atoms with van der Waals surface area (Å²) in [5.41, 5.74) is -0.204. The van der Waals surface area contributed by atoms with Crippen molar-refractivity contribution in [3.63, 3.8) is 0 Å². The van der Waals surface area contributed by atoms with Crippen molar-refractivity contribution in [3.8, 4) is 0 Å². The van der Waals surface area contributed by atoms with E-state index in [2.05, 4.69) is 17.9 Å². The number of benzene rings is 1. The monoisotopic (exact) mass is 338 g/mol. The Labute approximate surface area is 138 Å². The summed E-state index contributed by atoms with van der Waals surface area (Å²) >= 11 is 0. The molecule has 0 atom stereocenters. The molecule has 24 heavy (non-hydrogen) atoms. The average Bonchev–Trinajstić information content (AvgIpc) is 2.54. The van der Waals surface area contributed by atoms with Crippen molar-refractivity contribution in [2.75, 3.05) is 7.11 Å². The third kappa shape index (κ3) is 10.3. The molecular weight excluding hydrogens is 320 g/mol. The fourth-order valence-electron chi connectivity index (χ4n) is 0.939. The summed E-state index contributed by atoms with van der Waals surface area (Å²) in [5, 5.41) is 25.0. The fraction of sp³-hybridized carbons (Fsp3) is 0.125. The number of aliphatic carboxylic acids is 1. The van der Waals surface area contributed by atoms with E-state index in [1.807, 2.05) is 0 Å². The molecule has 0 aliphatic rings. The molecule has 0 aliphatic heterocycles. The number of hydrogen-bond donors (Lipinski definition) is 3. The van der Waals surface area contributed by atoms with Crippen molar-refractivity contribution in [1.29, 1.82) is 0 Å². The second-order valence-electron chi connectivity index (χ2n) is 3.97. The molecule has 0 radical (unpaired) electrons. The third-order valence-electron chi connectivity index (χ3n) is 2.12. The van der Waals surface area contributed by atoms with Gasteiger partial charge in [-0.1, -0.05) is 25.3 Å². The highest BCUT2D eigenvalue weighted by molar-refractivity contribution is 6.01. The number of methoxy groups -OCH3 is 1. The Kier molecular flexibility index (Phi) is 11.6. The van der Waals surface area contributed by atoms with Gasteiger partial charge in [-0.05, 0) is 19.1 Å². The van der Waals surface area contributed by atoms with Gasteiger partial charge < -0.3 is 20.1 Å². The van der Waals surface area contributed by atoms with Gasteiger partial charge in [0.05, 0.1) is 18.2 Å². The van der Waals surface area contributed by atoms with Crippen LogP contribution in [0.2, 0.25) is 0 Å². The Hall–Kier alpha value is -3.42. The first-order valence-corrected chi connectivity index (χ1v) is 6.23. The van der Waals surface area contributed by atoms with Crippen molar-refractivity contribution < 1.29 is 39.2 Å². The number of esters is 1. The van der Waals surface area contributed by atoms with E-state index < -0.39 is 23.9 Å². The van der Waals surface area contributed by atoms with Gasteiger partial charge >= 0.3 is 23.9 Å². The Balaban J connectivity index is 0. The smallest absolute Gasteiger partial charge is 0.336 e. The highest BCUT2D eigenvalue weighted by Crippen LogP contribution is 2.07. The predicted molar refractivity (Wildman–Crippen MR) is 85.0 cm³/mol. The van der Waals surface area contributed by atoms with Crippen LogP contribution in [0.4, 0.5) is 0 Å². The van der Waals surface area contributed by atoms with Gasteiger partial charge in [0.1, 0.15) is 0 Å². The van der Waals surface area contributed by atoms with Crippen LogP contribution in [-0.4, -0.2) is 46.3 Å². The van der Waals surface area contributed by atoms with Gasteiger partial charge in [-0.15, -0.1) is 0 Å². The molecule has 0 aromatic heterocycles. The standard InChI is InChI=1S/C8H6O4.2C4H6O2/c9-7(10)5-3-1-2-4-6(5)8(11)12;1-3-4(5)6-2;1-3(2)4(5)6/h1-4H,(H,9,10)(H,11,12);3H,1H2,2H3;1H2,2H3,(H,5,6). The first kappa shape index (κ1) is 22.9. The Morgan fingerprint density at radius 2 is 1.33 bits per heavy atom. The van der Waals surface area contributed by atoms with Crippen LogP contribution in [0.15, 0.2) is 49.1 Å². The summed E-state index contributed by atoms with van der Waals surface area (Å²) in [6, 6.07) is 5.48. The van der Waals surface area contributed by atoms with Crippen LogP contribution >= 0.6 is 0 Å². The summed E-state index contributed by atoms with van der Waals surface area (Å²) < 4.78 is 4.14. The van der Waals surface area contributed by atoms with Crippen LogP contribution in [0.5, 0.6) is 0 Å². The molecule has 0 saturated heterocycles. The van der Waals surface area contributed by atoms with Crippen LogP contribution in [0.3, 0.4) is 0 Å². The van der Waals surface area contributed by atoms with Gasteiger partial charge in [0.2, 0.25) is 0 Å². The SMILES string of the molecule is C=C(C)C(=O)O.C=CC(=O)OC.O=C(O)c1ccccc1C(=O)O. The minimum atomic E-state index is -1.23. The maximum Gasteiger partial charge on any atom is 0.336 e. The lowest BCUT2D eigenvalue weighted by molar-refractivity contribution is -0.135. The number of carboxylic acid groups (broad SMARTS) is 3. The lowest BCUT2D eigenvalue weighted by Crippen LogP contribution is -2.06. The molecule has 1 aromatic rings. The fourth-order valence-corrected chi connectivity index (χ4v) is 0.939. The highest BCUT2D eigenvalue weighted by atomic mass is 16.5. The van der Waals surface area contributed by atoms with Crippen LogP contribution in [-0.2, 0) is 14.3 Å². The van der Waals surface area contributed by atoms with Crippen LogP contribution in [0.25, 0.3) is 0 Å². The van der Waals surface area contributed by atoms with Crippen LogP contribution in [0, 0.1) is 0 Å². The summed E-state index contributed by atoms with van der Waals surface area (Å²) in [5.74, 6) is -3.79. The number of carbonyl (C=O) groups excluding carboxylic acids is 1. The highest BCUT2D eigenvalue weighted by Gasteiger charge is 2.13. The van der Waals surface area contributed by atoms with E-state index in [4.69, 9.17) is 15.3 Å². The normalized spacial score (nSPS) is 8.25. The third-order valence-corrected chi connectivity index (χ3v) is 2.12. The predicted octanol–water partition coefficient (Wildman–Crippen LogP) is 2.08. The van der Waals surface area contributed by atoms with Gasteiger partial charge in [-0.2, -0.15) is 0 Å². The topological polar surface area (TPSA) is 138 Å². The first-order chi connectivity index (χ1) is 11.1. The van der Waals surface area contributed by atoms with E-state index in [0.29, 0.717) is 0 Å². The maximum absolute atomic E-state index is 10.5. The lowest BCUT2D eigenvalue weighted by Gasteiger charge is -1.98. The molecule has 1 rings (SSSR count). The molecule has 130 valence electrons. The van der Waals surface area contributed by atoms with Crippen molar-refractivity contribution in [1.82, 2.24) is 0 Å². The largest absolute Gasteiger partial charge is 0.478 e. The molecule has 0 unspecified atom stereocenters. The number of rotatable bonds is 4.